The Hall–Kier alpha value is -0.810. The maximum Gasteiger partial charge on any atom is 0.182 e. The maximum atomic E-state index is 8.14. The Kier molecular flexibility index (Phi) is 2.88. The lowest BCUT2D eigenvalue weighted by Crippen LogP contribution is -2.35. The molecule has 1 spiro atoms. The summed E-state index contributed by atoms with van der Waals surface area (Å²) >= 11 is 0. The molecular formula is C8H14N4O2. The first-order chi connectivity index (χ1) is 6.85. The number of rotatable bonds is 3. The maximum absolute atomic E-state index is 8.14. The van der Waals surface area contributed by atoms with Gasteiger partial charge in [0.1, 0.15) is 0 Å². The van der Waals surface area contributed by atoms with Gasteiger partial charge in [-0.2, -0.15) is 0 Å². The van der Waals surface area contributed by atoms with Crippen molar-refractivity contribution in [3.8, 4) is 0 Å². The number of azide groups is 1. The molecule has 2 saturated heterocycles. The minimum atomic E-state index is -0.351. The van der Waals surface area contributed by atoms with Gasteiger partial charge in [-0.1, -0.05) is 5.11 Å². The predicted molar refractivity (Wildman–Crippen MR) is 49.7 cm³/mol. The second-order valence-electron chi connectivity index (χ2n) is 3.59. The highest BCUT2D eigenvalue weighted by molar-refractivity contribution is 4.86. The van der Waals surface area contributed by atoms with Crippen LogP contribution in [0.25, 0.3) is 10.4 Å². The molecule has 0 saturated carbocycles. The lowest BCUT2D eigenvalue weighted by molar-refractivity contribution is -0.145. The second-order valence-corrected chi connectivity index (χ2v) is 3.59. The Balaban J connectivity index is 1.79. The van der Waals surface area contributed by atoms with Crippen LogP contribution in [0.2, 0.25) is 0 Å². The van der Waals surface area contributed by atoms with Gasteiger partial charge < -0.3 is 9.47 Å². The minimum absolute atomic E-state index is 0.351. The first-order valence-electron chi connectivity index (χ1n) is 4.86. The highest BCUT2D eigenvalue weighted by Crippen LogP contribution is 2.29. The third kappa shape index (κ3) is 1.99. The molecule has 2 aliphatic rings. The Morgan fingerprint density at radius 2 is 2.21 bits per heavy atom. The van der Waals surface area contributed by atoms with E-state index in [-0.39, 0.29) is 5.79 Å². The first-order valence-corrected chi connectivity index (χ1v) is 4.86. The minimum Gasteiger partial charge on any atom is -0.346 e. The third-order valence-corrected chi connectivity index (χ3v) is 2.67. The van der Waals surface area contributed by atoms with Gasteiger partial charge in [-0.3, -0.25) is 4.90 Å². The van der Waals surface area contributed by atoms with Crippen LogP contribution in [0.1, 0.15) is 6.42 Å². The molecule has 0 aromatic carbocycles. The molecule has 0 aromatic rings. The average Bonchev–Trinajstić information content (AvgIpc) is 2.79. The Bertz CT molecular complexity index is 246. The van der Waals surface area contributed by atoms with Crippen LogP contribution >= 0.6 is 0 Å². The molecule has 0 radical (unpaired) electrons. The Labute approximate surface area is 82.4 Å². The van der Waals surface area contributed by atoms with Gasteiger partial charge in [0.05, 0.1) is 19.8 Å². The zero-order valence-electron chi connectivity index (χ0n) is 8.06. The van der Waals surface area contributed by atoms with E-state index in [4.69, 9.17) is 15.0 Å². The van der Waals surface area contributed by atoms with Crippen molar-refractivity contribution in [1.29, 1.82) is 0 Å². The second kappa shape index (κ2) is 4.14. The highest BCUT2D eigenvalue weighted by atomic mass is 16.7. The van der Waals surface area contributed by atoms with Crippen LogP contribution in [-0.2, 0) is 9.47 Å². The summed E-state index contributed by atoms with van der Waals surface area (Å²) < 4.78 is 11.1. The van der Waals surface area contributed by atoms with E-state index in [1.807, 2.05) is 0 Å². The zero-order chi connectivity index (χ0) is 9.86. The zero-order valence-corrected chi connectivity index (χ0v) is 8.06. The molecule has 0 aromatic heterocycles. The van der Waals surface area contributed by atoms with E-state index >= 15 is 0 Å². The summed E-state index contributed by atoms with van der Waals surface area (Å²) in [5, 5.41) is 3.51. The molecule has 2 rings (SSSR count). The summed E-state index contributed by atoms with van der Waals surface area (Å²) in [5.74, 6) is -0.351. The largest absolute Gasteiger partial charge is 0.346 e. The van der Waals surface area contributed by atoms with Crippen LogP contribution in [0, 0.1) is 0 Å². The van der Waals surface area contributed by atoms with Crippen molar-refractivity contribution in [3.05, 3.63) is 10.4 Å². The summed E-state index contributed by atoms with van der Waals surface area (Å²) in [6.45, 7) is 4.47. The summed E-state index contributed by atoms with van der Waals surface area (Å²) in [6.07, 6.45) is 0.920. The van der Waals surface area contributed by atoms with Crippen molar-refractivity contribution >= 4 is 0 Å². The van der Waals surface area contributed by atoms with Crippen LogP contribution in [0.15, 0.2) is 5.11 Å². The molecule has 0 aliphatic carbocycles. The van der Waals surface area contributed by atoms with Gasteiger partial charge in [0.15, 0.2) is 5.79 Å². The van der Waals surface area contributed by atoms with Crippen LogP contribution in [-0.4, -0.2) is 50.1 Å². The summed E-state index contributed by atoms with van der Waals surface area (Å²) in [6, 6.07) is 0. The predicted octanol–water partition coefficient (Wildman–Crippen LogP) is 0.745. The molecule has 2 fully saturated rings. The van der Waals surface area contributed by atoms with E-state index in [1.165, 1.54) is 0 Å². The lowest BCUT2D eigenvalue weighted by atomic mass is 10.2. The molecule has 0 amide bonds. The fourth-order valence-electron chi connectivity index (χ4n) is 1.98. The summed E-state index contributed by atoms with van der Waals surface area (Å²) in [4.78, 5) is 4.93. The molecular weight excluding hydrogens is 184 g/mol. The number of nitrogens with zero attached hydrogens (tertiary/aromatic N) is 4. The van der Waals surface area contributed by atoms with Gasteiger partial charge in [0.2, 0.25) is 0 Å². The quantitative estimate of drug-likeness (QED) is 0.381. The van der Waals surface area contributed by atoms with E-state index < -0.39 is 0 Å². The van der Waals surface area contributed by atoms with Crippen LogP contribution in [0.3, 0.4) is 0 Å². The summed E-state index contributed by atoms with van der Waals surface area (Å²) in [7, 11) is 0. The third-order valence-electron chi connectivity index (χ3n) is 2.67. The molecule has 0 atom stereocenters. The van der Waals surface area contributed by atoms with E-state index in [0.29, 0.717) is 19.8 Å². The van der Waals surface area contributed by atoms with Crippen molar-refractivity contribution in [2.24, 2.45) is 5.11 Å². The summed E-state index contributed by atoms with van der Waals surface area (Å²) in [5.41, 5.74) is 8.14. The topological polar surface area (TPSA) is 70.5 Å². The first kappa shape index (κ1) is 9.73. The van der Waals surface area contributed by atoms with E-state index in [9.17, 15) is 0 Å². The van der Waals surface area contributed by atoms with Crippen molar-refractivity contribution < 1.29 is 9.47 Å². The van der Waals surface area contributed by atoms with Gasteiger partial charge in [-0.05, 0) is 5.53 Å². The smallest absolute Gasteiger partial charge is 0.182 e. The monoisotopic (exact) mass is 198 g/mol. The molecule has 6 heteroatoms. The van der Waals surface area contributed by atoms with E-state index in [1.54, 1.807) is 0 Å². The molecule has 78 valence electrons. The standard InChI is InChI=1S/C8H14N4O2/c9-11-10-2-4-12-3-1-8(7-12)13-5-6-14-8/h1-7H2. The lowest BCUT2D eigenvalue weighted by Gasteiger charge is -2.21. The van der Waals surface area contributed by atoms with Gasteiger partial charge in [-0.15, -0.1) is 0 Å². The fourth-order valence-corrected chi connectivity index (χ4v) is 1.98. The number of likely N-dealkylation sites (tertiary alicyclic amines) is 1. The molecule has 0 unspecified atom stereocenters. The van der Waals surface area contributed by atoms with Crippen LogP contribution in [0.5, 0.6) is 0 Å². The molecule has 14 heavy (non-hydrogen) atoms. The van der Waals surface area contributed by atoms with Crippen LogP contribution < -0.4 is 0 Å². The van der Waals surface area contributed by atoms with Crippen molar-refractivity contribution in [1.82, 2.24) is 4.90 Å². The van der Waals surface area contributed by atoms with Gasteiger partial charge in [0, 0.05) is 31.0 Å². The van der Waals surface area contributed by atoms with Gasteiger partial charge >= 0.3 is 0 Å². The van der Waals surface area contributed by atoms with Gasteiger partial charge in [0.25, 0.3) is 0 Å². The fraction of sp³-hybridized carbons (Fsp3) is 1.00. The highest BCUT2D eigenvalue weighted by Gasteiger charge is 2.42. The van der Waals surface area contributed by atoms with E-state index in [2.05, 4.69) is 14.9 Å². The molecule has 6 nitrogen and oxygen atoms in total. The Morgan fingerprint density at radius 3 is 2.93 bits per heavy atom. The number of hydrogen-bond donors (Lipinski definition) is 0. The van der Waals surface area contributed by atoms with Crippen LogP contribution in [0.4, 0.5) is 0 Å². The van der Waals surface area contributed by atoms with Crippen molar-refractivity contribution in [3.63, 3.8) is 0 Å². The number of hydrogen-bond acceptors (Lipinski definition) is 4. The molecule has 2 heterocycles. The number of ether oxygens (including phenoxy) is 2. The average molecular weight is 198 g/mol. The van der Waals surface area contributed by atoms with E-state index in [0.717, 1.165) is 26.1 Å². The van der Waals surface area contributed by atoms with Gasteiger partial charge in [-0.25, -0.2) is 0 Å². The van der Waals surface area contributed by atoms with Crippen molar-refractivity contribution in [2.45, 2.75) is 12.2 Å². The normalized spacial score (nSPS) is 25.4. The Morgan fingerprint density at radius 1 is 1.43 bits per heavy atom. The van der Waals surface area contributed by atoms with Crippen molar-refractivity contribution in [2.75, 3.05) is 39.4 Å². The SMILES string of the molecule is [N-]=[N+]=NCCN1CCC2(C1)OCCO2. The molecule has 0 bridgehead atoms. The molecule has 0 N–H and O–H groups in total. The molecule has 2 aliphatic heterocycles.